The van der Waals surface area contributed by atoms with Crippen LogP contribution in [0.25, 0.3) is 45.0 Å². The molecule has 9 aromatic rings. The fraction of sp³-hybridized carbons (Fsp3) is 0.0727. The van der Waals surface area contributed by atoms with Crippen LogP contribution in [0.15, 0.2) is 182 Å². The van der Waals surface area contributed by atoms with Crippen LogP contribution in [-0.2, 0) is 26.5 Å². The van der Waals surface area contributed by atoms with Crippen molar-refractivity contribution < 1.29 is 25.8 Å². The molecular weight excluding hydrogens is 970 g/mol. The maximum Gasteiger partial charge on any atom is 0.205 e. The summed E-state index contributed by atoms with van der Waals surface area (Å²) in [5, 5.41) is 0. The quantitative estimate of drug-likeness (QED) is 0.146. The second kappa shape index (κ2) is 16.7. The molecular formula is C55H40N7OPt-3. The van der Waals surface area contributed by atoms with Crippen LogP contribution in [0.4, 0.5) is 40.2 Å². The second-order valence-electron chi connectivity index (χ2n) is 16.5. The fourth-order valence-corrected chi connectivity index (χ4v) is 8.25. The first-order valence-corrected chi connectivity index (χ1v) is 21.0. The van der Waals surface area contributed by atoms with Gasteiger partial charge in [0, 0.05) is 66.8 Å². The Morgan fingerprint density at radius 3 is 1.77 bits per heavy atom. The molecule has 0 amide bonds. The molecule has 2 aromatic heterocycles. The predicted molar refractivity (Wildman–Crippen MR) is 252 cm³/mol. The smallest absolute Gasteiger partial charge is 0.205 e. The Bertz CT molecular complexity index is 3100. The van der Waals surface area contributed by atoms with Gasteiger partial charge in [0.1, 0.15) is 5.82 Å². The van der Waals surface area contributed by atoms with Gasteiger partial charge in [-0.2, -0.15) is 22.1 Å². The zero-order valence-corrected chi connectivity index (χ0v) is 37.5. The molecule has 0 N–H and O–H groups in total. The summed E-state index contributed by atoms with van der Waals surface area (Å²) in [6.45, 7) is 8.67. The van der Waals surface area contributed by atoms with Gasteiger partial charge < -0.3 is 19.4 Å². The molecule has 0 saturated heterocycles. The van der Waals surface area contributed by atoms with E-state index in [-0.39, 0.29) is 26.5 Å². The van der Waals surface area contributed by atoms with Gasteiger partial charge in [-0.15, -0.1) is 48.3 Å². The average Bonchev–Trinajstić information content (AvgIpc) is 3.67. The molecule has 11 rings (SSSR count). The van der Waals surface area contributed by atoms with E-state index in [1.807, 2.05) is 115 Å². The number of anilines is 7. The largest absolute Gasteiger partial charge is 0.509 e. The van der Waals surface area contributed by atoms with Gasteiger partial charge >= 0.3 is 0 Å². The number of hydrogen-bond donors (Lipinski definition) is 0. The summed E-state index contributed by atoms with van der Waals surface area (Å²) in [6, 6.07) is 66.8. The van der Waals surface area contributed by atoms with Gasteiger partial charge in [-0.25, -0.2) is 9.97 Å². The normalized spacial score (nSPS) is 12.6. The Hall–Kier alpha value is -7.41. The third kappa shape index (κ3) is 7.50. The summed E-state index contributed by atoms with van der Waals surface area (Å²) in [5.74, 6) is 3.58. The standard InChI is InChI=1S/C55H40N7O.Pt/c1-55(2,3)39-31-32-56-51(33-39)62-47-26-13-12-25-45(47)43-23-10-11-24-44(43)46-30-29-42(35-50(46)62)63-41-22-16-21-40(34-41)60-36-61(49-28-15-14-27-48(49)60)54-58-52(37-17-6-4-7-18-37)57-53(59-54)38-19-8-5-9-20-38;/h4-33,36H,1-3H3;/q-3;. The molecule has 0 bridgehead atoms. The monoisotopic (exact) mass is 1010 g/mol. The van der Waals surface area contributed by atoms with E-state index in [4.69, 9.17) is 24.7 Å². The van der Waals surface area contributed by atoms with E-state index in [2.05, 4.69) is 122 Å². The first-order valence-electron chi connectivity index (χ1n) is 21.0. The zero-order chi connectivity index (χ0) is 42.5. The number of pyridine rings is 1. The SMILES string of the molecule is CC(C)(C)c1ccnc(N2c3[c-]c(Oc4[c-]c(N5[CH-]N(c6nc(-c7ccccc7)nc(-c7ccccc7)n6)c6ccccc65)ccc4)ccc3-c3ccccc3-c3ccccc32)c1.[Pt]. The summed E-state index contributed by atoms with van der Waals surface area (Å²) in [6.07, 6.45) is 1.90. The molecule has 2 aliphatic heterocycles. The van der Waals surface area contributed by atoms with Crippen molar-refractivity contribution in [3.05, 3.63) is 206 Å². The minimum Gasteiger partial charge on any atom is -0.509 e. The van der Waals surface area contributed by atoms with E-state index in [0.29, 0.717) is 29.1 Å². The van der Waals surface area contributed by atoms with Gasteiger partial charge in [0.2, 0.25) is 5.95 Å². The molecule has 9 heteroatoms. The van der Waals surface area contributed by atoms with Crippen molar-refractivity contribution in [2.24, 2.45) is 0 Å². The summed E-state index contributed by atoms with van der Waals surface area (Å²) in [4.78, 5) is 26.2. The maximum atomic E-state index is 6.71. The first kappa shape index (κ1) is 40.6. The van der Waals surface area contributed by atoms with Crippen LogP contribution in [0.2, 0.25) is 0 Å². The molecule has 8 nitrogen and oxygen atoms in total. The number of hydrogen-bond acceptors (Lipinski definition) is 8. The molecule has 0 aliphatic carbocycles. The van der Waals surface area contributed by atoms with Gasteiger partial charge in [0.05, 0.1) is 5.69 Å². The van der Waals surface area contributed by atoms with Gasteiger partial charge in [-0.3, -0.25) is 0 Å². The number of nitrogens with zero attached hydrogens (tertiary/aromatic N) is 7. The number of aromatic nitrogens is 4. The van der Waals surface area contributed by atoms with E-state index in [1.165, 1.54) is 5.56 Å². The topological polar surface area (TPSA) is 70.5 Å². The molecule has 64 heavy (non-hydrogen) atoms. The van der Waals surface area contributed by atoms with E-state index >= 15 is 0 Å². The van der Waals surface area contributed by atoms with Crippen LogP contribution in [0.1, 0.15) is 26.3 Å². The molecule has 7 aromatic carbocycles. The number of ether oxygens (including phenoxy) is 1. The fourth-order valence-electron chi connectivity index (χ4n) is 8.25. The van der Waals surface area contributed by atoms with Crippen LogP contribution in [0.3, 0.4) is 0 Å². The Kier molecular flexibility index (Phi) is 10.6. The van der Waals surface area contributed by atoms with Crippen molar-refractivity contribution >= 4 is 40.2 Å². The Balaban J connectivity index is 0.00000484. The van der Waals surface area contributed by atoms with Gasteiger partial charge in [0.15, 0.2) is 11.6 Å². The molecule has 0 fully saturated rings. The first-order chi connectivity index (χ1) is 30.9. The molecule has 0 atom stereocenters. The second-order valence-corrected chi connectivity index (χ2v) is 16.5. The van der Waals surface area contributed by atoms with Crippen molar-refractivity contribution in [2.75, 3.05) is 14.7 Å². The number of fused-ring (bicyclic) bond motifs is 6. The third-order valence-electron chi connectivity index (χ3n) is 11.4. The van der Waals surface area contributed by atoms with E-state index in [1.54, 1.807) is 0 Å². The van der Waals surface area contributed by atoms with Gasteiger partial charge in [0.25, 0.3) is 0 Å². The third-order valence-corrected chi connectivity index (χ3v) is 11.4. The van der Waals surface area contributed by atoms with Crippen molar-refractivity contribution in [2.45, 2.75) is 26.2 Å². The van der Waals surface area contributed by atoms with E-state index in [0.717, 1.165) is 67.6 Å². The summed E-state index contributed by atoms with van der Waals surface area (Å²) in [7, 11) is 0. The summed E-state index contributed by atoms with van der Waals surface area (Å²) >= 11 is 0. The molecule has 0 radical (unpaired) electrons. The molecule has 0 saturated carbocycles. The minimum atomic E-state index is -0.0732. The van der Waals surface area contributed by atoms with Crippen LogP contribution in [0.5, 0.6) is 11.5 Å². The molecule has 4 heterocycles. The molecule has 314 valence electrons. The summed E-state index contributed by atoms with van der Waals surface area (Å²) < 4.78 is 6.71. The minimum absolute atomic E-state index is 0. The van der Waals surface area contributed by atoms with Crippen LogP contribution >= 0.6 is 0 Å². The van der Waals surface area contributed by atoms with E-state index < -0.39 is 0 Å². The Morgan fingerprint density at radius 2 is 1.09 bits per heavy atom. The van der Waals surface area contributed by atoms with E-state index in [9.17, 15) is 0 Å². The number of benzene rings is 7. The number of para-hydroxylation sites is 3. The van der Waals surface area contributed by atoms with Crippen molar-refractivity contribution in [1.29, 1.82) is 0 Å². The predicted octanol–water partition coefficient (Wildman–Crippen LogP) is 13.8. The van der Waals surface area contributed by atoms with Crippen LogP contribution < -0.4 is 19.4 Å². The molecule has 2 aliphatic rings. The maximum absolute atomic E-state index is 6.71. The molecule has 0 spiro atoms. The van der Waals surface area contributed by atoms with Crippen molar-refractivity contribution in [1.82, 2.24) is 19.9 Å². The Morgan fingerprint density at radius 1 is 0.516 bits per heavy atom. The van der Waals surface area contributed by atoms with Gasteiger partial charge in [-0.05, 0) is 46.9 Å². The Labute approximate surface area is 387 Å². The van der Waals surface area contributed by atoms with Crippen LogP contribution in [-0.4, -0.2) is 19.9 Å². The van der Waals surface area contributed by atoms with Crippen molar-refractivity contribution in [3.8, 4) is 56.5 Å². The average molecular weight is 1010 g/mol. The zero-order valence-electron chi connectivity index (χ0n) is 35.3. The molecule has 0 unspecified atom stereocenters. The van der Waals surface area contributed by atoms with Gasteiger partial charge in [-0.1, -0.05) is 147 Å². The summed E-state index contributed by atoms with van der Waals surface area (Å²) in [5.41, 5.74) is 11.8. The van der Waals surface area contributed by atoms with Crippen molar-refractivity contribution in [3.63, 3.8) is 0 Å². The van der Waals surface area contributed by atoms with Crippen LogP contribution in [0, 0.1) is 18.8 Å². The number of rotatable bonds is 7.